The first-order valence-corrected chi connectivity index (χ1v) is 13.1. The van der Waals surface area contributed by atoms with Gasteiger partial charge >= 0.3 is 0 Å². The maximum atomic E-state index is 13.5. The Labute approximate surface area is 240 Å². The number of nitrogens with zero attached hydrogens (tertiary/aromatic N) is 6. The van der Waals surface area contributed by atoms with Crippen LogP contribution < -0.4 is 15.6 Å². The Morgan fingerprint density at radius 1 is 1.18 bits per heavy atom. The summed E-state index contributed by atoms with van der Waals surface area (Å²) in [5.41, 5.74) is 2.95. The van der Waals surface area contributed by atoms with Crippen molar-refractivity contribution >= 4 is 35.2 Å². The number of amides is 1. The minimum absolute atomic E-state index is 0.208. The van der Waals surface area contributed by atoms with Crippen LogP contribution in [0.4, 0.5) is 0 Å². The lowest BCUT2D eigenvalue weighted by atomic mass is 10.0. The Morgan fingerprint density at radius 3 is 2.60 bits per heavy atom. The van der Waals surface area contributed by atoms with Crippen molar-refractivity contribution in [1.29, 1.82) is 0 Å². The summed E-state index contributed by atoms with van der Waals surface area (Å²) in [6.45, 7) is 7.55. The van der Waals surface area contributed by atoms with Gasteiger partial charge in [0.15, 0.2) is 5.15 Å². The van der Waals surface area contributed by atoms with Crippen LogP contribution >= 0.6 is 23.2 Å². The topological polar surface area (TPSA) is 117 Å². The van der Waals surface area contributed by atoms with Crippen LogP contribution in [0.25, 0.3) is 22.9 Å². The normalized spacial score (nSPS) is 12.2. The van der Waals surface area contributed by atoms with E-state index < -0.39 is 11.6 Å². The summed E-state index contributed by atoms with van der Waals surface area (Å²) >= 11 is 12.3. The fourth-order valence-corrected chi connectivity index (χ4v) is 4.48. The number of nitrogens with one attached hydrogen (secondary N) is 1. The maximum absolute atomic E-state index is 13.5. The Hall–Kier alpha value is -4.28. The Balaban J connectivity index is 1.75. The number of methoxy groups -OCH3 is 1. The molecule has 4 aromatic rings. The highest BCUT2D eigenvalue weighted by Crippen LogP contribution is 2.35. The first-order chi connectivity index (χ1) is 19.2. The van der Waals surface area contributed by atoms with Gasteiger partial charge in [-0.25, -0.2) is 4.68 Å². The van der Waals surface area contributed by atoms with Crippen LogP contribution in [0.2, 0.25) is 10.2 Å². The molecular weight excluding hydrogens is 553 g/mol. The van der Waals surface area contributed by atoms with Gasteiger partial charge in [0.05, 0.1) is 36.6 Å². The average Bonchev–Trinajstić information content (AvgIpc) is 3.38. The first-order valence-electron chi connectivity index (χ1n) is 12.4. The lowest BCUT2D eigenvalue weighted by molar-refractivity contribution is -0.123. The van der Waals surface area contributed by atoms with Crippen molar-refractivity contribution in [3.63, 3.8) is 0 Å². The van der Waals surface area contributed by atoms with Gasteiger partial charge in [-0.05, 0) is 43.7 Å². The van der Waals surface area contributed by atoms with Crippen LogP contribution in [-0.2, 0) is 4.79 Å². The summed E-state index contributed by atoms with van der Waals surface area (Å²) in [7, 11) is 1.49. The number of halogens is 2. The molecule has 1 atom stereocenters. The molecule has 0 aliphatic rings. The van der Waals surface area contributed by atoms with Gasteiger partial charge in [0, 0.05) is 40.3 Å². The maximum Gasteiger partial charge on any atom is 0.252 e. The van der Waals surface area contributed by atoms with Crippen LogP contribution in [0, 0.1) is 6.92 Å². The molecule has 3 heterocycles. The van der Waals surface area contributed by atoms with E-state index in [1.54, 1.807) is 36.7 Å². The van der Waals surface area contributed by atoms with E-state index in [0.29, 0.717) is 57.5 Å². The van der Waals surface area contributed by atoms with Crippen molar-refractivity contribution in [2.24, 2.45) is 0 Å². The zero-order valence-electron chi connectivity index (χ0n) is 22.1. The standard InChI is InChI=1S/C28H27Cl2N7O3/c1-5-7-24(28(39)33-19(6-2)13-22-17(3)31-10-11-32-22)36-15-25(40-4)21(14-27(36)38)20-12-18(29)8-9-23(20)37-16-26(30)34-35-37/h6,8-16,24H,2,5,7H2,1,3-4H3,(H,33,39)/b19-13+. The van der Waals surface area contributed by atoms with E-state index in [4.69, 9.17) is 27.9 Å². The van der Waals surface area contributed by atoms with Gasteiger partial charge in [0.1, 0.15) is 11.8 Å². The third-order valence-electron chi connectivity index (χ3n) is 6.12. The highest BCUT2D eigenvalue weighted by atomic mass is 35.5. The van der Waals surface area contributed by atoms with Crippen LogP contribution in [-0.4, -0.2) is 42.5 Å². The summed E-state index contributed by atoms with van der Waals surface area (Å²) in [6.07, 6.45) is 10.5. The van der Waals surface area contributed by atoms with Gasteiger partial charge in [-0.3, -0.25) is 24.1 Å². The van der Waals surface area contributed by atoms with Crippen LogP contribution in [0.15, 0.2) is 72.2 Å². The van der Waals surface area contributed by atoms with Gasteiger partial charge in [0.25, 0.3) is 5.56 Å². The second-order valence-corrected chi connectivity index (χ2v) is 9.60. The molecule has 4 rings (SSSR count). The number of carbonyl (C=O) groups is 1. The van der Waals surface area contributed by atoms with Gasteiger partial charge in [-0.1, -0.05) is 48.3 Å². The van der Waals surface area contributed by atoms with Crippen molar-refractivity contribution < 1.29 is 9.53 Å². The first kappa shape index (κ1) is 28.7. The van der Waals surface area contributed by atoms with Crippen molar-refractivity contribution in [2.45, 2.75) is 32.7 Å². The number of rotatable bonds is 10. The highest BCUT2D eigenvalue weighted by molar-refractivity contribution is 6.31. The number of pyridine rings is 1. The molecule has 0 fully saturated rings. The molecule has 0 aliphatic heterocycles. The molecule has 0 spiro atoms. The highest BCUT2D eigenvalue weighted by Gasteiger charge is 2.24. The van der Waals surface area contributed by atoms with E-state index in [0.717, 1.165) is 0 Å². The SMILES string of the molecule is C=C/C(=C\c1nccnc1C)NC(=O)C(CCC)n1cc(OC)c(-c2cc(Cl)ccc2-n2cc(Cl)nn2)cc1=O. The number of allylic oxidation sites excluding steroid dienone is 1. The van der Waals surface area contributed by atoms with Crippen molar-refractivity contribution in [1.82, 2.24) is 34.8 Å². The molecule has 1 N–H and O–H groups in total. The number of aromatic nitrogens is 6. The Bertz CT molecular complexity index is 1650. The monoisotopic (exact) mass is 579 g/mol. The van der Waals surface area contributed by atoms with Crippen molar-refractivity contribution in [2.75, 3.05) is 7.11 Å². The number of aryl methyl sites for hydroxylation is 1. The molecule has 1 unspecified atom stereocenters. The largest absolute Gasteiger partial charge is 0.495 e. The van der Waals surface area contributed by atoms with Gasteiger partial charge < -0.3 is 10.1 Å². The molecule has 1 aromatic carbocycles. The molecule has 12 heteroatoms. The van der Waals surface area contributed by atoms with E-state index >= 15 is 0 Å². The van der Waals surface area contributed by atoms with E-state index in [-0.39, 0.29) is 11.1 Å². The van der Waals surface area contributed by atoms with Gasteiger partial charge in [-0.2, -0.15) is 0 Å². The number of hydrogen-bond acceptors (Lipinski definition) is 7. The Kier molecular flexibility index (Phi) is 9.13. The van der Waals surface area contributed by atoms with Gasteiger partial charge in [-0.15, -0.1) is 5.10 Å². The lowest BCUT2D eigenvalue weighted by Crippen LogP contribution is -2.36. The van der Waals surface area contributed by atoms with Gasteiger partial charge in [0.2, 0.25) is 5.91 Å². The third kappa shape index (κ3) is 6.30. The molecule has 40 heavy (non-hydrogen) atoms. The minimum Gasteiger partial charge on any atom is -0.495 e. The summed E-state index contributed by atoms with van der Waals surface area (Å²) in [5.74, 6) is -0.0231. The zero-order valence-corrected chi connectivity index (χ0v) is 23.6. The molecule has 3 aromatic heterocycles. The average molecular weight is 580 g/mol. The number of carbonyl (C=O) groups excluding carboxylic acids is 1. The predicted octanol–water partition coefficient (Wildman–Crippen LogP) is 5.19. The third-order valence-corrected chi connectivity index (χ3v) is 6.53. The van der Waals surface area contributed by atoms with E-state index in [1.807, 2.05) is 13.8 Å². The molecule has 206 valence electrons. The summed E-state index contributed by atoms with van der Waals surface area (Å²) in [4.78, 5) is 35.5. The summed E-state index contributed by atoms with van der Waals surface area (Å²) in [5, 5.41) is 11.4. The Morgan fingerprint density at radius 2 is 1.95 bits per heavy atom. The van der Waals surface area contributed by atoms with Crippen LogP contribution in [0.1, 0.15) is 37.2 Å². The smallest absolute Gasteiger partial charge is 0.252 e. The molecule has 0 saturated carbocycles. The van der Waals surface area contributed by atoms with Crippen molar-refractivity contribution in [3.05, 3.63) is 99.3 Å². The van der Waals surface area contributed by atoms with E-state index in [2.05, 4.69) is 32.2 Å². The fraction of sp³-hybridized carbons (Fsp3) is 0.214. The number of benzene rings is 1. The van der Waals surface area contributed by atoms with E-state index in [9.17, 15) is 9.59 Å². The molecule has 0 bridgehead atoms. The quantitative estimate of drug-likeness (QED) is 0.257. The molecule has 0 saturated heterocycles. The van der Waals surface area contributed by atoms with Crippen LogP contribution in [0.5, 0.6) is 5.75 Å². The fourth-order valence-electron chi connectivity index (χ4n) is 4.18. The summed E-state index contributed by atoms with van der Waals surface area (Å²) in [6, 6.07) is 5.72. The minimum atomic E-state index is -0.820. The van der Waals surface area contributed by atoms with E-state index in [1.165, 1.54) is 40.9 Å². The zero-order chi connectivity index (χ0) is 28.8. The van der Waals surface area contributed by atoms with Crippen LogP contribution in [0.3, 0.4) is 0 Å². The lowest BCUT2D eigenvalue weighted by Gasteiger charge is -2.21. The predicted molar refractivity (Wildman–Crippen MR) is 155 cm³/mol. The van der Waals surface area contributed by atoms with Crippen molar-refractivity contribution in [3.8, 4) is 22.6 Å². The second-order valence-electron chi connectivity index (χ2n) is 8.77. The summed E-state index contributed by atoms with van der Waals surface area (Å²) < 4.78 is 8.53. The number of hydrogen-bond donors (Lipinski definition) is 1. The molecule has 10 nitrogen and oxygen atoms in total. The second kappa shape index (κ2) is 12.7. The molecule has 1 amide bonds. The molecular formula is C28H27Cl2N7O3. The molecule has 0 aliphatic carbocycles. The molecule has 0 radical (unpaired) electrons. The number of ether oxygens (including phenoxy) is 1.